The number of rotatable bonds is 4. The van der Waals surface area contributed by atoms with Crippen LogP contribution >= 0.6 is 11.3 Å². The van der Waals surface area contributed by atoms with Gasteiger partial charge in [-0.05, 0) is 36.3 Å². The molecule has 0 aliphatic heterocycles. The Labute approximate surface area is 127 Å². The minimum absolute atomic E-state index is 0.253. The maximum absolute atomic E-state index is 11.3. The monoisotopic (exact) mass is 295 g/mol. The first-order chi connectivity index (χ1) is 10.2. The Kier molecular flexibility index (Phi) is 4.70. The van der Waals surface area contributed by atoms with E-state index in [1.165, 1.54) is 11.3 Å². The first kappa shape index (κ1) is 14.8. The number of carbonyl (C=O) groups is 1. The van der Waals surface area contributed by atoms with Crippen LogP contribution in [0.2, 0.25) is 0 Å². The normalized spacial score (nSPS) is 11.5. The van der Waals surface area contributed by atoms with Crippen molar-refractivity contribution >= 4 is 22.9 Å². The van der Waals surface area contributed by atoms with Crippen LogP contribution in [0, 0.1) is 11.3 Å². The molecule has 1 N–H and O–H groups in total. The molecule has 0 fully saturated rings. The zero-order valence-corrected chi connectivity index (χ0v) is 12.2. The van der Waals surface area contributed by atoms with Crippen molar-refractivity contribution in [3.05, 3.63) is 65.1 Å². The number of allylic oxidation sites excluding steroid dienone is 3. The van der Waals surface area contributed by atoms with Gasteiger partial charge in [-0.2, -0.15) is 5.26 Å². The molecule has 1 aromatic carbocycles. The van der Waals surface area contributed by atoms with Gasteiger partial charge in [-0.3, -0.25) is 0 Å². The summed E-state index contributed by atoms with van der Waals surface area (Å²) in [5.41, 5.74) is 1.88. The Morgan fingerprint density at radius 1 is 1.24 bits per heavy atom. The molecule has 0 saturated carbocycles. The highest BCUT2D eigenvalue weighted by Crippen LogP contribution is 2.29. The highest BCUT2D eigenvalue weighted by Gasteiger charge is 2.10. The van der Waals surface area contributed by atoms with Gasteiger partial charge in [-0.1, -0.05) is 36.4 Å². The Morgan fingerprint density at radius 3 is 2.48 bits per heavy atom. The summed E-state index contributed by atoms with van der Waals surface area (Å²) in [6.07, 6.45) is 5.07. The number of benzene rings is 1. The van der Waals surface area contributed by atoms with E-state index in [0.717, 1.165) is 10.4 Å². The molecule has 1 aromatic heterocycles. The second kappa shape index (κ2) is 6.69. The highest BCUT2D eigenvalue weighted by molar-refractivity contribution is 7.16. The molecule has 0 unspecified atom stereocenters. The third kappa shape index (κ3) is 3.47. The molecule has 104 valence electrons. The van der Waals surface area contributed by atoms with Crippen molar-refractivity contribution in [2.45, 2.75) is 6.92 Å². The number of aliphatic carboxylic acids is 1. The molecule has 1 heterocycles. The summed E-state index contributed by atoms with van der Waals surface area (Å²) in [5, 5.41) is 18.1. The van der Waals surface area contributed by atoms with Crippen LogP contribution in [0.4, 0.5) is 0 Å². The van der Waals surface area contributed by atoms with Crippen LogP contribution in [0.25, 0.3) is 16.0 Å². The van der Waals surface area contributed by atoms with E-state index < -0.39 is 5.97 Å². The molecular weight excluding hydrogens is 282 g/mol. The van der Waals surface area contributed by atoms with Crippen LogP contribution in [-0.2, 0) is 4.79 Å². The van der Waals surface area contributed by atoms with Crippen LogP contribution < -0.4 is 0 Å². The molecule has 2 aromatic rings. The summed E-state index contributed by atoms with van der Waals surface area (Å²) in [4.78, 5) is 12.9. The maximum atomic E-state index is 11.3. The van der Waals surface area contributed by atoms with Crippen LogP contribution in [0.15, 0.2) is 54.6 Å². The van der Waals surface area contributed by atoms with Gasteiger partial charge >= 0.3 is 5.97 Å². The Bertz CT molecular complexity index is 746. The average molecular weight is 295 g/mol. The summed E-state index contributed by atoms with van der Waals surface area (Å²) < 4.78 is 0. The molecule has 0 saturated heterocycles. The second-order valence-electron chi connectivity index (χ2n) is 4.26. The first-order valence-electron chi connectivity index (χ1n) is 6.32. The van der Waals surface area contributed by atoms with Crippen molar-refractivity contribution in [1.29, 1.82) is 5.26 Å². The number of nitrogens with zero attached hydrogens (tertiary/aromatic N) is 1. The molecule has 0 aliphatic rings. The van der Waals surface area contributed by atoms with E-state index in [2.05, 4.69) is 6.07 Å². The molecule has 0 spiro atoms. The van der Waals surface area contributed by atoms with E-state index in [1.807, 2.05) is 25.1 Å². The lowest BCUT2D eigenvalue weighted by atomic mass is 10.0. The van der Waals surface area contributed by atoms with Crippen molar-refractivity contribution in [1.82, 2.24) is 0 Å². The molecule has 2 rings (SSSR count). The van der Waals surface area contributed by atoms with E-state index in [4.69, 9.17) is 5.26 Å². The van der Waals surface area contributed by atoms with Crippen molar-refractivity contribution < 1.29 is 9.90 Å². The Hall–Kier alpha value is -2.64. The van der Waals surface area contributed by atoms with E-state index in [0.29, 0.717) is 10.4 Å². The number of carboxylic acid groups (broad SMARTS) is 1. The summed E-state index contributed by atoms with van der Waals surface area (Å²) >= 11 is 1.42. The number of thiophene rings is 1. The van der Waals surface area contributed by atoms with Gasteiger partial charge in [0.25, 0.3) is 0 Å². The summed E-state index contributed by atoms with van der Waals surface area (Å²) in [6.45, 7) is 1.84. The minimum atomic E-state index is -0.955. The molecule has 0 amide bonds. The first-order valence-corrected chi connectivity index (χ1v) is 7.14. The van der Waals surface area contributed by atoms with Crippen molar-refractivity contribution in [3.63, 3.8) is 0 Å². The third-order valence-corrected chi connectivity index (χ3v) is 3.92. The summed E-state index contributed by atoms with van der Waals surface area (Å²) in [5.74, 6) is -0.955. The molecular formula is C17H13NO2S. The maximum Gasteiger partial charge on any atom is 0.336 e. The molecule has 21 heavy (non-hydrogen) atoms. The molecule has 0 bridgehead atoms. The number of hydrogen-bond acceptors (Lipinski definition) is 3. The van der Waals surface area contributed by atoms with Gasteiger partial charge in [0, 0.05) is 4.88 Å². The van der Waals surface area contributed by atoms with E-state index in [-0.39, 0.29) is 5.57 Å². The van der Waals surface area contributed by atoms with Crippen LogP contribution in [0.1, 0.15) is 17.4 Å². The number of nitriles is 1. The van der Waals surface area contributed by atoms with Crippen LogP contribution in [-0.4, -0.2) is 11.1 Å². The second-order valence-corrected chi connectivity index (χ2v) is 5.35. The smallest absolute Gasteiger partial charge is 0.336 e. The van der Waals surface area contributed by atoms with Crippen molar-refractivity contribution in [3.8, 4) is 16.5 Å². The standard InChI is InChI=1S/C17H13NO2S/c1-2-3-4-15(17(19)20)12-5-7-13(8-6-12)16-10-9-14(11-18)21-16/h2-10H,1H3,(H,19,20). The largest absolute Gasteiger partial charge is 0.478 e. The van der Waals surface area contributed by atoms with Gasteiger partial charge in [0.1, 0.15) is 10.9 Å². The van der Waals surface area contributed by atoms with Gasteiger partial charge in [-0.25, -0.2) is 4.79 Å². The van der Waals surface area contributed by atoms with Gasteiger partial charge in [0.05, 0.1) is 5.57 Å². The molecule has 0 aliphatic carbocycles. The van der Waals surface area contributed by atoms with Gasteiger partial charge in [-0.15, -0.1) is 11.3 Å². The van der Waals surface area contributed by atoms with Crippen LogP contribution in [0.5, 0.6) is 0 Å². The predicted octanol–water partition coefficient (Wildman–Crippen LogP) is 4.33. The van der Waals surface area contributed by atoms with Gasteiger partial charge in [0.15, 0.2) is 0 Å². The zero-order chi connectivity index (χ0) is 15.2. The fourth-order valence-corrected chi connectivity index (χ4v) is 2.66. The van der Waals surface area contributed by atoms with E-state index in [9.17, 15) is 9.90 Å². The molecule has 0 radical (unpaired) electrons. The Balaban J connectivity index is 2.34. The number of hydrogen-bond donors (Lipinski definition) is 1. The van der Waals surface area contributed by atoms with Crippen LogP contribution in [0.3, 0.4) is 0 Å². The quantitative estimate of drug-likeness (QED) is 0.674. The number of carboxylic acids is 1. The Morgan fingerprint density at radius 2 is 1.95 bits per heavy atom. The zero-order valence-electron chi connectivity index (χ0n) is 11.4. The SMILES string of the molecule is CC=CC=C(C(=O)O)c1ccc(-c2ccc(C#N)s2)cc1. The van der Waals surface area contributed by atoms with E-state index in [1.54, 1.807) is 36.4 Å². The fourth-order valence-electron chi connectivity index (χ4n) is 1.85. The highest BCUT2D eigenvalue weighted by atomic mass is 32.1. The molecule has 0 atom stereocenters. The fraction of sp³-hybridized carbons (Fsp3) is 0.0588. The lowest BCUT2D eigenvalue weighted by Crippen LogP contribution is -1.99. The summed E-state index contributed by atoms with van der Waals surface area (Å²) in [6, 6.07) is 13.1. The molecule has 3 nitrogen and oxygen atoms in total. The lowest BCUT2D eigenvalue weighted by molar-refractivity contribution is -0.130. The lowest BCUT2D eigenvalue weighted by Gasteiger charge is -2.03. The molecule has 4 heteroatoms. The third-order valence-electron chi connectivity index (χ3n) is 2.88. The van der Waals surface area contributed by atoms with Crippen molar-refractivity contribution in [2.24, 2.45) is 0 Å². The minimum Gasteiger partial charge on any atom is -0.478 e. The van der Waals surface area contributed by atoms with Gasteiger partial charge in [0.2, 0.25) is 0 Å². The van der Waals surface area contributed by atoms with E-state index >= 15 is 0 Å². The average Bonchev–Trinajstić information content (AvgIpc) is 2.97. The summed E-state index contributed by atoms with van der Waals surface area (Å²) in [7, 11) is 0. The van der Waals surface area contributed by atoms with Gasteiger partial charge < -0.3 is 5.11 Å². The van der Waals surface area contributed by atoms with Crippen molar-refractivity contribution in [2.75, 3.05) is 0 Å². The predicted molar refractivity (Wildman–Crippen MR) is 84.9 cm³/mol. The topological polar surface area (TPSA) is 61.1 Å².